The molecule has 12 rings (SSSR count). The van der Waals surface area contributed by atoms with Crippen LogP contribution in [0.1, 0.15) is 0 Å². The van der Waals surface area contributed by atoms with Gasteiger partial charge in [0.25, 0.3) is 0 Å². The number of fused-ring (bicyclic) bond motifs is 6. The van der Waals surface area contributed by atoms with Crippen molar-refractivity contribution in [3.8, 4) is 67.9 Å². The average Bonchev–Trinajstić information content (AvgIpc) is 3.92. The fourth-order valence-electron chi connectivity index (χ4n) is 8.90. The third-order valence-electron chi connectivity index (χ3n) is 11.8. The first-order chi connectivity index (χ1) is 30.7. The van der Waals surface area contributed by atoms with Gasteiger partial charge in [0.15, 0.2) is 17.5 Å². The molecular weight excluding hydrogens is 757 g/mol. The molecule has 0 fully saturated rings. The fourth-order valence-corrected chi connectivity index (χ4v) is 8.90. The second-order valence-corrected chi connectivity index (χ2v) is 15.5. The summed E-state index contributed by atoms with van der Waals surface area (Å²) in [6.07, 6.45) is 0. The van der Waals surface area contributed by atoms with Crippen molar-refractivity contribution in [2.24, 2.45) is 0 Å². The molecule has 0 atom stereocenters. The van der Waals surface area contributed by atoms with Gasteiger partial charge in [-0.25, -0.2) is 19.6 Å². The number of hydrogen-bond acceptors (Lipinski definition) is 4. The maximum Gasteiger partial charge on any atom is 0.164 e. The summed E-state index contributed by atoms with van der Waals surface area (Å²) in [5, 5.41) is 11.1. The van der Waals surface area contributed by atoms with Gasteiger partial charge in [-0.05, 0) is 77.2 Å². The van der Waals surface area contributed by atoms with E-state index in [-0.39, 0.29) is 0 Å². The Morgan fingerprint density at radius 2 is 0.823 bits per heavy atom. The van der Waals surface area contributed by atoms with Crippen LogP contribution in [-0.2, 0) is 0 Å². The smallest absolute Gasteiger partial charge is 0.164 e. The van der Waals surface area contributed by atoms with Gasteiger partial charge in [-0.3, -0.25) is 0 Å². The zero-order chi connectivity index (χ0) is 41.0. The molecule has 0 radical (unpaired) electrons. The Labute approximate surface area is 357 Å². The number of benzene rings is 9. The predicted molar refractivity (Wildman–Crippen MR) is 253 cm³/mol. The summed E-state index contributed by atoms with van der Waals surface area (Å²) in [6, 6.07) is 76.2. The molecule has 0 spiro atoms. The monoisotopic (exact) mass is 792 g/mol. The lowest BCUT2D eigenvalue weighted by molar-refractivity contribution is 0.918. The van der Waals surface area contributed by atoms with Gasteiger partial charge in [-0.2, -0.15) is 5.10 Å². The maximum atomic E-state index is 5.37. The number of rotatable bonds is 7. The lowest BCUT2D eigenvalue weighted by Gasteiger charge is -2.13. The topological polar surface area (TPSA) is 61.4 Å². The van der Waals surface area contributed by atoms with Crippen molar-refractivity contribution in [1.29, 1.82) is 0 Å². The lowest BCUT2D eigenvalue weighted by Crippen LogP contribution is -2.01. The molecule has 0 N–H and O–H groups in total. The summed E-state index contributed by atoms with van der Waals surface area (Å²) in [6.45, 7) is 0. The molecule has 0 aliphatic rings. The summed E-state index contributed by atoms with van der Waals surface area (Å²) >= 11 is 0. The van der Waals surface area contributed by atoms with E-state index < -0.39 is 0 Å². The van der Waals surface area contributed by atoms with Gasteiger partial charge < -0.3 is 4.57 Å². The van der Waals surface area contributed by atoms with Gasteiger partial charge in [0, 0.05) is 49.5 Å². The molecular formula is C56H36N6. The molecule has 3 heterocycles. The molecule has 0 aliphatic heterocycles. The highest BCUT2D eigenvalue weighted by atomic mass is 15.3. The van der Waals surface area contributed by atoms with E-state index in [2.05, 4.69) is 185 Å². The predicted octanol–water partition coefficient (Wildman–Crippen LogP) is 13.8. The number of aromatic nitrogens is 6. The minimum absolute atomic E-state index is 0.602. The van der Waals surface area contributed by atoms with Crippen LogP contribution in [0.25, 0.3) is 111 Å². The molecule has 0 saturated heterocycles. The summed E-state index contributed by atoms with van der Waals surface area (Å²) in [7, 11) is 0. The van der Waals surface area contributed by atoms with E-state index in [0.29, 0.717) is 17.5 Å². The third-order valence-corrected chi connectivity index (χ3v) is 11.8. The van der Waals surface area contributed by atoms with Crippen molar-refractivity contribution >= 4 is 43.5 Å². The molecule has 0 saturated carbocycles. The molecule has 12 aromatic rings. The van der Waals surface area contributed by atoms with E-state index in [1.165, 1.54) is 21.8 Å². The van der Waals surface area contributed by atoms with E-state index in [1.807, 2.05) is 42.5 Å². The van der Waals surface area contributed by atoms with E-state index in [4.69, 9.17) is 20.1 Å². The molecule has 0 unspecified atom stereocenters. The van der Waals surface area contributed by atoms with Crippen LogP contribution < -0.4 is 0 Å². The number of para-hydroxylation sites is 3. The van der Waals surface area contributed by atoms with Crippen molar-refractivity contribution in [3.63, 3.8) is 0 Å². The molecule has 62 heavy (non-hydrogen) atoms. The Bertz CT molecular complexity index is 3540. The minimum atomic E-state index is 0.602. The van der Waals surface area contributed by atoms with Gasteiger partial charge in [-0.1, -0.05) is 158 Å². The minimum Gasteiger partial charge on any atom is -0.309 e. The Balaban J connectivity index is 1.05. The van der Waals surface area contributed by atoms with Gasteiger partial charge in [-0.15, -0.1) is 0 Å². The Kier molecular flexibility index (Phi) is 8.38. The Hall–Kier alpha value is -8.48. The zero-order valence-corrected chi connectivity index (χ0v) is 33.5. The SMILES string of the molecule is c1ccc(-c2nc(-c3ccc(-n4c5ccccc5c5ccccc54)cc3)nc(-c3ccc4c(c3)cc(-c3ccccc3)c3c(-c5ccccc5)nn(-c5ccccc5)c34)n2)cc1. The first-order valence-electron chi connectivity index (χ1n) is 20.8. The van der Waals surface area contributed by atoms with Crippen LogP contribution in [0.3, 0.4) is 0 Å². The van der Waals surface area contributed by atoms with E-state index in [9.17, 15) is 0 Å². The van der Waals surface area contributed by atoms with Crippen LogP contribution in [0.5, 0.6) is 0 Å². The van der Waals surface area contributed by atoms with Crippen LogP contribution in [0.4, 0.5) is 0 Å². The van der Waals surface area contributed by atoms with Crippen LogP contribution in [0, 0.1) is 0 Å². The zero-order valence-electron chi connectivity index (χ0n) is 33.5. The summed E-state index contributed by atoms with van der Waals surface area (Å²) < 4.78 is 4.43. The molecule has 290 valence electrons. The molecule has 3 aromatic heterocycles. The highest BCUT2D eigenvalue weighted by Crippen LogP contribution is 2.42. The first kappa shape index (κ1) is 35.5. The van der Waals surface area contributed by atoms with Crippen LogP contribution in [-0.4, -0.2) is 29.3 Å². The van der Waals surface area contributed by atoms with Crippen LogP contribution in [0.15, 0.2) is 218 Å². The second kappa shape index (κ2) is 14.7. The first-order valence-corrected chi connectivity index (χ1v) is 20.8. The third kappa shape index (κ3) is 5.96. The maximum absolute atomic E-state index is 5.37. The quantitative estimate of drug-likeness (QED) is 0.161. The number of nitrogens with zero attached hydrogens (tertiary/aromatic N) is 6. The van der Waals surface area contributed by atoms with Crippen molar-refractivity contribution in [1.82, 2.24) is 29.3 Å². The van der Waals surface area contributed by atoms with Crippen LogP contribution >= 0.6 is 0 Å². The largest absolute Gasteiger partial charge is 0.309 e. The standard InChI is InChI=1S/C56H36N6/c1-5-17-37(18-6-1)48-36-42-35-41(31-34-45(42)53-51(48)52(38-19-7-2-8-20-38)60-62(53)44-23-11-4-12-24-44)56-58-54(39-21-9-3-10-22-39)57-55(59-56)40-29-32-43(33-30-40)61-49-27-15-13-25-46(49)47-26-14-16-28-50(47)61/h1-36H. The Morgan fingerprint density at radius 1 is 0.339 bits per heavy atom. The summed E-state index contributed by atoms with van der Waals surface area (Å²) in [5.41, 5.74) is 12.4. The van der Waals surface area contributed by atoms with E-state index in [1.54, 1.807) is 0 Å². The second-order valence-electron chi connectivity index (χ2n) is 15.5. The van der Waals surface area contributed by atoms with Crippen molar-refractivity contribution in [2.75, 3.05) is 0 Å². The highest BCUT2D eigenvalue weighted by Gasteiger charge is 2.22. The molecule has 0 aliphatic carbocycles. The number of hydrogen-bond donors (Lipinski definition) is 0. The van der Waals surface area contributed by atoms with Crippen LogP contribution in [0.2, 0.25) is 0 Å². The highest BCUT2D eigenvalue weighted by molar-refractivity contribution is 6.17. The van der Waals surface area contributed by atoms with Crippen molar-refractivity contribution < 1.29 is 0 Å². The Morgan fingerprint density at radius 3 is 1.44 bits per heavy atom. The molecule has 0 bridgehead atoms. The molecule has 6 heteroatoms. The van der Waals surface area contributed by atoms with Crippen molar-refractivity contribution in [3.05, 3.63) is 218 Å². The van der Waals surface area contributed by atoms with Gasteiger partial charge >= 0.3 is 0 Å². The fraction of sp³-hybridized carbons (Fsp3) is 0. The summed E-state index contributed by atoms with van der Waals surface area (Å²) in [4.78, 5) is 15.4. The van der Waals surface area contributed by atoms with Gasteiger partial charge in [0.05, 0.1) is 22.2 Å². The summed E-state index contributed by atoms with van der Waals surface area (Å²) in [5.74, 6) is 1.83. The van der Waals surface area contributed by atoms with E-state index >= 15 is 0 Å². The van der Waals surface area contributed by atoms with Crippen molar-refractivity contribution in [2.45, 2.75) is 0 Å². The molecule has 9 aromatic carbocycles. The average molecular weight is 793 g/mol. The normalized spacial score (nSPS) is 11.5. The molecule has 0 amide bonds. The van der Waals surface area contributed by atoms with Gasteiger partial charge in [0.1, 0.15) is 5.69 Å². The van der Waals surface area contributed by atoms with Gasteiger partial charge in [0.2, 0.25) is 0 Å². The molecule has 6 nitrogen and oxygen atoms in total. The lowest BCUT2D eigenvalue weighted by atomic mass is 9.93. The van der Waals surface area contributed by atoms with E-state index in [0.717, 1.165) is 72.1 Å².